The maximum Gasteiger partial charge on any atom is 0.407 e. The molecule has 0 radical (unpaired) electrons. The van der Waals surface area contributed by atoms with Crippen LogP contribution in [0.15, 0.2) is 36.5 Å². The number of carbonyl (C=O) groups is 3. The van der Waals surface area contributed by atoms with Crippen LogP contribution in [0, 0.1) is 12.8 Å². The van der Waals surface area contributed by atoms with Gasteiger partial charge in [0.1, 0.15) is 12.5 Å². The molecule has 3 rings (SSSR count). The Morgan fingerprint density at radius 3 is 2.42 bits per heavy atom. The van der Waals surface area contributed by atoms with E-state index in [1.807, 2.05) is 41.9 Å². The van der Waals surface area contributed by atoms with Crippen molar-refractivity contribution in [2.24, 2.45) is 5.92 Å². The molecule has 178 valence electrons. The predicted octanol–water partition coefficient (Wildman–Crippen LogP) is 4.37. The number of alkyl carbamates (subject to hydrolysis) is 1. The van der Waals surface area contributed by atoms with E-state index in [1.54, 1.807) is 20.0 Å². The molecule has 0 spiro atoms. The van der Waals surface area contributed by atoms with Crippen LogP contribution in [0.3, 0.4) is 0 Å². The van der Waals surface area contributed by atoms with E-state index >= 15 is 0 Å². The van der Waals surface area contributed by atoms with Crippen molar-refractivity contribution >= 4 is 17.8 Å². The summed E-state index contributed by atoms with van der Waals surface area (Å²) in [5.74, 6) is -1.53. The van der Waals surface area contributed by atoms with Crippen LogP contribution in [0.1, 0.15) is 73.6 Å². The van der Waals surface area contributed by atoms with E-state index in [0.29, 0.717) is 12.0 Å². The van der Waals surface area contributed by atoms with Gasteiger partial charge in [-0.3, -0.25) is 14.3 Å². The molecule has 1 amide bonds. The van der Waals surface area contributed by atoms with Crippen LogP contribution in [0.25, 0.3) is 0 Å². The molecule has 0 aliphatic heterocycles. The highest BCUT2D eigenvalue weighted by Crippen LogP contribution is 2.30. The molecule has 1 unspecified atom stereocenters. The van der Waals surface area contributed by atoms with Crippen LogP contribution < -0.4 is 5.32 Å². The molecule has 1 aliphatic rings. The Hall–Kier alpha value is -3.16. The normalized spacial score (nSPS) is 18.9. The molecule has 1 aliphatic carbocycles. The van der Waals surface area contributed by atoms with E-state index in [1.165, 1.54) is 0 Å². The average Bonchev–Trinajstić information content (AvgIpc) is 3.20. The fourth-order valence-electron chi connectivity index (χ4n) is 4.32. The number of Topliss-reactive ketones (excluding diaryl/α,β-unsaturated/α-hetero) is 1. The third kappa shape index (κ3) is 6.21. The highest BCUT2D eigenvalue weighted by Gasteiger charge is 2.31. The maximum absolute atomic E-state index is 12.9. The van der Waals surface area contributed by atoms with E-state index in [9.17, 15) is 14.4 Å². The van der Waals surface area contributed by atoms with Crippen LogP contribution in [0.5, 0.6) is 0 Å². The Bertz CT molecular complexity index is 948. The van der Waals surface area contributed by atoms with Crippen molar-refractivity contribution in [3.05, 3.63) is 53.3 Å². The molecule has 1 fully saturated rings. The lowest BCUT2D eigenvalue weighted by atomic mass is 9.91. The number of hydrogen-bond acceptors (Lipinski definition) is 6. The van der Waals surface area contributed by atoms with Crippen molar-refractivity contribution in [2.45, 2.75) is 71.6 Å². The second kappa shape index (κ2) is 11.6. The van der Waals surface area contributed by atoms with Gasteiger partial charge in [0.25, 0.3) is 0 Å². The summed E-state index contributed by atoms with van der Waals surface area (Å²) in [7, 11) is 0. The second-order valence-corrected chi connectivity index (χ2v) is 8.38. The van der Waals surface area contributed by atoms with Crippen LogP contribution in [0.2, 0.25) is 0 Å². The van der Waals surface area contributed by atoms with Crippen LogP contribution in [-0.2, 0) is 20.9 Å². The standard InChI is InChI=1S/C25H33N3O5/c1-4-21(24(30)32-5-2)23(29)22-15-26-28(17(22)3)20-13-11-19(12-14-20)27-25(31)33-16-18-9-7-6-8-10-18/h6-10,15,19-21H,4-5,11-14,16H2,1-3H3,(H,27,31)/t19-,20-,21?. The Balaban J connectivity index is 1.52. The Morgan fingerprint density at radius 2 is 1.79 bits per heavy atom. The first-order valence-corrected chi connectivity index (χ1v) is 11.7. The number of ether oxygens (including phenoxy) is 2. The molecule has 0 bridgehead atoms. The Labute approximate surface area is 194 Å². The number of nitrogens with zero attached hydrogens (tertiary/aromatic N) is 2. The minimum absolute atomic E-state index is 0.0507. The minimum Gasteiger partial charge on any atom is -0.465 e. The highest BCUT2D eigenvalue weighted by molar-refractivity contribution is 6.09. The van der Waals surface area contributed by atoms with Gasteiger partial charge in [0.15, 0.2) is 5.78 Å². The molecule has 8 heteroatoms. The van der Waals surface area contributed by atoms with Gasteiger partial charge in [-0.2, -0.15) is 5.10 Å². The number of hydrogen-bond donors (Lipinski definition) is 1. The fraction of sp³-hybridized carbons (Fsp3) is 0.520. The smallest absolute Gasteiger partial charge is 0.407 e. The largest absolute Gasteiger partial charge is 0.465 e. The number of esters is 1. The van der Waals surface area contributed by atoms with Gasteiger partial charge in [-0.05, 0) is 51.5 Å². The van der Waals surface area contributed by atoms with Crippen molar-refractivity contribution < 1.29 is 23.9 Å². The summed E-state index contributed by atoms with van der Waals surface area (Å²) in [5, 5.41) is 7.41. The number of rotatable bonds is 9. The van der Waals surface area contributed by atoms with Gasteiger partial charge < -0.3 is 14.8 Å². The fourth-order valence-corrected chi connectivity index (χ4v) is 4.32. The number of carbonyl (C=O) groups excluding carboxylic acids is 3. The van der Waals surface area contributed by atoms with Gasteiger partial charge in [0.05, 0.1) is 24.4 Å². The summed E-state index contributed by atoms with van der Waals surface area (Å²) < 4.78 is 12.3. The Morgan fingerprint density at radius 1 is 1.09 bits per heavy atom. The van der Waals surface area contributed by atoms with Crippen LogP contribution >= 0.6 is 0 Å². The lowest BCUT2D eigenvalue weighted by Gasteiger charge is -2.29. The molecule has 1 aromatic carbocycles. The summed E-state index contributed by atoms with van der Waals surface area (Å²) in [5.41, 5.74) is 2.19. The molecule has 33 heavy (non-hydrogen) atoms. The number of aromatic nitrogens is 2. The van der Waals surface area contributed by atoms with Gasteiger partial charge in [-0.1, -0.05) is 37.3 Å². The van der Waals surface area contributed by atoms with Gasteiger partial charge in [0.2, 0.25) is 0 Å². The lowest BCUT2D eigenvalue weighted by Crippen LogP contribution is -2.38. The van der Waals surface area contributed by atoms with E-state index in [0.717, 1.165) is 36.9 Å². The summed E-state index contributed by atoms with van der Waals surface area (Å²) in [6.45, 7) is 5.89. The number of benzene rings is 1. The van der Waals surface area contributed by atoms with Gasteiger partial charge in [0, 0.05) is 11.7 Å². The van der Waals surface area contributed by atoms with Crippen molar-refractivity contribution in [3.8, 4) is 0 Å². The van der Waals surface area contributed by atoms with Crippen LogP contribution in [0.4, 0.5) is 4.79 Å². The van der Waals surface area contributed by atoms with Crippen molar-refractivity contribution in [1.82, 2.24) is 15.1 Å². The zero-order chi connectivity index (χ0) is 23.8. The van der Waals surface area contributed by atoms with Crippen molar-refractivity contribution in [2.75, 3.05) is 6.61 Å². The number of amides is 1. The summed E-state index contributed by atoms with van der Waals surface area (Å²) in [6, 6.07) is 9.77. The lowest BCUT2D eigenvalue weighted by molar-refractivity contribution is -0.146. The first-order chi connectivity index (χ1) is 15.9. The zero-order valence-electron chi connectivity index (χ0n) is 19.6. The molecule has 8 nitrogen and oxygen atoms in total. The van der Waals surface area contributed by atoms with Gasteiger partial charge in [-0.15, -0.1) is 0 Å². The zero-order valence-corrected chi connectivity index (χ0v) is 19.6. The molecule has 0 saturated heterocycles. The molecular formula is C25H33N3O5. The third-order valence-electron chi connectivity index (χ3n) is 6.18. The maximum atomic E-state index is 12.9. The van der Waals surface area contributed by atoms with Gasteiger partial charge >= 0.3 is 12.1 Å². The predicted molar refractivity (Wildman–Crippen MR) is 123 cm³/mol. The van der Waals surface area contributed by atoms with Crippen molar-refractivity contribution in [3.63, 3.8) is 0 Å². The Kier molecular flexibility index (Phi) is 8.63. The van der Waals surface area contributed by atoms with Crippen molar-refractivity contribution in [1.29, 1.82) is 0 Å². The van der Waals surface area contributed by atoms with E-state index in [4.69, 9.17) is 9.47 Å². The van der Waals surface area contributed by atoms with E-state index in [2.05, 4.69) is 10.4 Å². The van der Waals surface area contributed by atoms with Gasteiger partial charge in [-0.25, -0.2) is 4.79 Å². The monoisotopic (exact) mass is 455 g/mol. The molecule has 1 atom stereocenters. The molecule has 1 aromatic heterocycles. The van der Waals surface area contributed by atoms with Crippen LogP contribution in [-0.4, -0.2) is 40.3 Å². The minimum atomic E-state index is -0.803. The third-order valence-corrected chi connectivity index (χ3v) is 6.18. The highest BCUT2D eigenvalue weighted by atomic mass is 16.5. The average molecular weight is 456 g/mol. The second-order valence-electron chi connectivity index (χ2n) is 8.38. The first kappa shape index (κ1) is 24.5. The molecular weight excluding hydrogens is 422 g/mol. The summed E-state index contributed by atoms with van der Waals surface area (Å²) in [6.07, 6.45) is 4.80. The molecule has 1 heterocycles. The summed E-state index contributed by atoms with van der Waals surface area (Å²) >= 11 is 0. The first-order valence-electron chi connectivity index (χ1n) is 11.7. The molecule has 1 saturated carbocycles. The van der Waals surface area contributed by atoms with E-state index in [-0.39, 0.29) is 31.1 Å². The molecule has 1 N–H and O–H groups in total. The number of nitrogens with one attached hydrogen (secondary N) is 1. The number of ketones is 1. The topological polar surface area (TPSA) is 99.5 Å². The SMILES string of the molecule is CCOC(=O)C(CC)C(=O)c1cnn([C@H]2CC[C@H](NC(=O)OCc3ccccc3)CC2)c1C. The quantitative estimate of drug-likeness (QED) is 0.342. The van der Waals surface area contributed by atoms with E-state index < -0.39 is 18.0 Å². The molecule has 2 aromatic rings. The summed E-state index contributed by atoms with van der Waals surface area (Å²) in [4.78, 5) is 37.2.